The molecule has 1 aliphatic rings. The number of rotatable bonds is 7. The molecule has 0 amide bonds. The Hall–Kier alpha value is -4.26. The summed E-state index contributed by atoms with van der Waals surface area (Å²) >= 11 is 0. The fourth-order valence-electron chi connectivity index (χ4n) is 6.00. The molecule has 6 rings (SSSR count). The lowest BCUT2D eigenvalue weighted by Crippen LogP contribution is -2.16. The quantitative estimate of drug-likeness (QED) is 0.139. The molecule has 1 aliphatic carbocycles. The average Bonchev–Trinajstić information content (AvgIpc) is 3.08. The zero-order chi connectivity index (χ0) is 32.6. The first kappa shape index (κ1) is 33.1. The first-order valence-electron chi connectivity index (χ1n) is 15.7. The monoisotopic (exact) mass is 628 g/mol. The molecule has 240 valence electrons. The first-order chi connectivity index (χ1) is 22.2. The van der Waals surface area contributed by atoms with Crippen molar-refractivity contribution in [1.29, 1.82) is 0 Å². The van der Waals surface area contributed by atoms with E-state index < -0.39 is 17.5 Å². The van der Waals surface area contributed by atoms with Gasteiger partial charge in [-0.2, -0.15) is 0 Å². The minimum absolute atomic E-state index is 0. The number of hydrogen-bond acceptors (Lipinski definition) is 2. The van der Waals surface area contributed by atoms with Gasteiger partial charge in [-0.15, -0.1) is 0 Å². The minimum Gasteiger partial charge on any atom is -0.396 e. The maximum atomic E-state index is 14.5. The lowest BCUT2D eigenvalue weighted by molar-refractivity contribution is 0.182. The van der Waals surface area contributed by atoms with E-state index in [2.05, 4.69) is 0 Å². The highest BCUT2D eigenvalue weighted by molar-refractivity contribution is 5.71. The molecule has 0 heterocycles. The van der Waals surface area contributed by atoms with Crippen LogP contribution in [0.4, 0.5) is 17.6 Å². The van der Waals surface area contributed by atoms with E-state index in [0.29, 0.717) is 34.9 Å². The van der Waals surface area contributed by atoms with Crippen LogP contribution in [-0.2, 0) is 6.42 Å². The minimum atomic E-state index is -1.44. The van der Waals surface area contributed by atoms with Gasteiger partial charge in [-0.3, -0.25) is 0 Å². The largest absolute Gasteiger partial charge is 0.396 e. The van der Waals surface area contributed by atoms with E-state index in [0.717, 1.165) is 60.1 Å². The lowest BCUT2D eigenvalue weighted by atomic mass is 9.79. The van der Waals surface area contributed by atoms with Crippen LogP contribution in [-0.4, -0.2) is 23.4 Å². The van der Waals surface area contributed by atoms with Crippen LogP contribution in [0.25, 0.3) is 33.4 Å². The molecule has 1 saturated carbocycles. The summed E-state index contributed by atoms with van der Waals surface area (Å²) in [5, 5.41) is 18.1. The number of aliphatic hydroxyl groups excluding tert-OH is 2. The van der Waals surface area contributed by atoms with Crippen LogP contribution >= 0.6 is 0 Å². The predicted molar refractivity (Wildman–Crippen MR) is 178 cm³/mol. The molecule has 0 radical (unpaired) electrons. The topological polar surface area (TPSA) is 40.5 Å². The second kappa shape index (κ2) is 15.4. The van der Waals surface area contributed by atoms with Gasteiger partial charge < -0.3 is 10.2 Å². The van der Waals surface area contributed by atoms with Crippen molar-refractivity contribution in [3.63, 3.8) is 0 Å². The fourth-order valence-corrected chi connectivity index (χ4v) is 6.00. The summed E-state index contributed by atoms with van der Waals surface area (Å²) in [4.78, 5) is 0. The standard InChI is InChI=1S/C21H19FO.C19H19F3O.H2/c1-15-2-6-17(7-3-15)19-10-11-20(21(22)14-19)18-8-4-16(5-9-18)12-13-23;20-17-9-16(10-18(21)19(17)22)15-7-5-14(6-8-15)13-3-1-12(11-23)2-4-13;/h2-11,14,23H,12-13H2,1H3;5-10,12-13,23H,1-4,11H2;1H. The Morgan fingerprint density at radius 3 is 1.67 bits per heavy atom. The van der Waals surface area contributed by atoms with E-state index in [1.807, 2.05) is 91.9 Å². The van der Waals surface area contributed by atoms with Gasteiger partial charge in [0.2, 0.25) is 0 Å². The van der Waals surface area contributed by atoms with Gasteiger partial charge in [0.1, 0.15) is 5.82 Å². The molecule has 0 spiro atoms. The third kappa shape index (κ3) is 8.11. The van der Waals surface area contributed by atoms with Crippen LogP contribution in [0.15, 0.2) is 103 Å². The van der Waals surface area contributed by atoms with Gasteiger partial charge in [0, 0.05) is 20.2 Å². The summed E-state index contributed by atoms with van der Waals surface area (Å²) in [5.74, 6) is -3.13. The molecule has 0 atom stereocenters. The van der Waals surface area contributed by atoms with Gasteiger partial charge in [-0.25, -0.2) is 17.6 Å². The van der Waals surface area contributed by atoms with Crippen molar-refractivity contribution in [2.24, 2.45) is 5.92 Å². The Kier molecular flexibility index (Phi) is 11.1. The summed E-state index contributed by atoms with van der Waals surface area (Å²) in [6.45, 7) is 2.42. The third-order valence-corrected chi connectivity index (χ3v) is 8.82. The molecule has 46 heavy (non-hydrogen) atoms. The molecule has 6 heteroatoms. The van der Waals surface area contributed by atoms with E-state index in [4.69, 9.17) is 5.11 Å². The molecular formula is C40H40F4O2. The normalized spacial score (nSPS) is 16.1. The molecule has 0 aliphatic heterocycles. The molecule has 0 unspecified atom stereocenters. The Balaban J connectivity index is 0.000000208. The van der Waals surface area contributed by atoms with Crippen molar-refractivity contribution >= 4 is 0 Å². The predicted octanol–water partition coefficient (Wildman–Crippen LogP) is 10.3. The molecule has 2 nitrogen and oxygen atoms in total. The highest BCUT2D eigenvalue weighted by Crippen LogP contribution is 2.36. The Labute approximate surface area is 269 Å². The summed E-state index contributed by atoms with van der Waals surface area (Å²) in [6.07, 6.45) is 4.76. The highest BCUT2D eigenvalue weighted by Gasteiger charge is 2.22. The molecule has 0 saturated heterocycles. The molecule has 5 aromatic rings. The van der Waals surface area contributed by atoms with Gasteiger partial charge in [0.25, 0.3) is 0 Å². The average molecular weight is 629 g/mol. The number of aliphatic hydroxyl groups is 2. The molecule has 0 aromatic heterocycles. The molecule has 0 bridgehead atoms. The van der Waals surface area contributed by atoms with Crippen molar-refractivity contribution in [2.45, 2.75) is 44.9 Å². The maximum Gasteiger partial charge on any atom is 0.194 e. The number of halogens is 4. The summed E-state index contributed by atoms with van der Waals surface area (Å²) < 4.78 is 54.2. The zero-order valence-corrected chi connectivity index (χ0v) is 25.8. The van der Waals surface area contributed by atoms with E-state index in [9.17, 15) is 22.7 Å². The van der Waals surface area contributed by atoms with Crippen molar-refractivity contribution in [2.75, 3.05) is 13.2 Å². The maximum absolute atomic E-state index is 14.5. The highest BCUT2D eigenvalue weighted by atomic mass is 19.2. The van der Waals surface area contributed by atoms with Gasteiger partial charge in [0.05, 0.1) is 0 Å². The van der Waals surface area contributed by atoms with Crippen molar-refractivity contribution in [1.82, 2.24) is 0 Å². The SMILES string of the molecule is Cc1ccc(-c2ccc(-c3ccc(CCO)cc3)c(F)c2)cc1.OCC1CCC(c2ccc(-c3cc(F)c(F)c(F)c3)cc2)CC1.[HH]. The van der Waals surface area contributed by atoms with Crippen LogP contribution < -0.4 is 0 Å². The van der Waals surface area contributed by atoms with Crippen LogP contribution in [0.1, 0.15) is 49.7 Å². The summed E-state index contributed by atoms with van der Waals surface area (Å²) in [7, 11) is 0. The summed E-state index contributed by atoms with van der Waals surface area (Å²) in [6, 6.07) is 30.7. The van der Waals surface area contributed by atoms with E-state index >= 15 is 0 Å². The lowest BCUT2D eigenvalue weighted by Gasteiger charge is -2.27. The van der Waals surface area contributed by atoms with E-state index in [-0.39, 0.29) is 20.5 Å². The Bertz CT molecular complexity index is 1710. The fraction of sp³-hybridized carbons (Fsp3) is 0.250. The van der Waals surface area contributed by atoms with E-state index in [1.54, 1.807) is 6.07 Å². The second-order valence-electron chi connectivity index (χ2n) is 12.0. The Morgan fingerprint density at radius 2 is 1.11 bits per heavy atom. The van der Waals surface area contributed by atoms with E-state index in [1.165, 1.54) is 11.1 Å². The van der Waals surface area contributed by atoms with Gasteiger partial charge in [0.15, 0.2) is 17.5 Å². The van der Waals surface area contributed by atoms with Crippen LogP contribution in [0, 0.1) is 36.1 Å². The molecule has 5 aromatic carbocycles. The van der Waals surface area contributed by atoms with Gasteiger partial charge in [-0.1, -0.05) is 90.5 Å². The Morgan fingerprint density at radius 1 is 0.587 bits per heavy atom. The third-order valence-electron chi connectivity index (χ3n) is 8.82. The molecule has 2 N–H and O–H groups in total. The van der Waals surface area contributed by atoms with Crippen molar-refractivity contribution in [3.05, 3.63) is 143 Å². The second-order valence-corrected chi connectivity index (χ2v) is 12.0. The number of hydrogen-bond donors (Lipinski definition) is 2. The van der Waals surface area contributed by atoms with Gasteiger partial charge >= 0.3 is 0 Å². The molecular weight excluding hydrogens is 588 g/mol. The first-order valence-corrected chi connectivity index (χ1v) is 15.7. The zero-order valence-electron chi connectivity index (χ0n) is 25.8. The summed E-state index contributed by atoms with van der Waals surface area (Å²) in [5.41, 5.74) is 7.76. The van der Waals surface area contributed by atoms with Gasteiger partial charge in [-0.05, 0) is 108 Å². The van der Waals surface area contributed by atoms with Crippen LogP contribution in [0.5, 0.6) is 0 Å². The molecule has 1 fully saturated rings. The number of aryl methyl sites for hydroxylation is 1. The number of benzene rings is 5. The van der Waals surface area contributed by atoms with Crippen molar-refractivity contribution in [3.8, 4) is 33.4 Å². The van der Waals surface area contributed by atoms with Crippen LogP contribution in [0.3, 0.4) is 0 Å². The van der Waals surface area contributed by atoms with Crippen molar-refractivity contribution < 1.29 is 29.2 Å². The smallest absolute Gasteiger partial charge is 0.194 e. The van der Waals surface area contributed by atoms with Crippen LogP contribution in [0.2, 0.25) is 0 Å².